The van der Waals surface area contributed by atoms with Gasteiger partial charge in [0.05, 0.1) is 16.1 Å². The van der Waals surface area contributed by atoms with Gasteiger partial charge >= 0.3 is 0 Å². The number of para-hydroxylation sites is 1. The van der Waals surface area contributed by atoms with Crippen LogP contribution in [0.25, 0.3) is 10.9 Å². The SMILES string of the molecule is O=S(=O)(Nc1cccc2cccnc12)c1ccnc(Cl)c1. The van der Waals surface area contributed by atoms with E-state index in [-0.39, 0.29) is 10.0 Å². The van der Waals surface area contributed by atoms with E-state index in [9.17, 15) is 8.42 Å². The predicted octanol–water partition coefficient (Wildman–Crippen LogP) is 3.08. The lowest BCUT2D eigenvalue weighted by molar-refractivity contribution is 0.601. The smallest absolute Gasteiger partial charge is 0.262 e. The fourth-order valence-electron chi connectivity index (χ4n) is 1.94. The molecule has 1 N–H and O–H groups in total. The second kappa shape index (κ2) is 5.31. The van der Waals surface area contributed by atoms with E-state index in [1.54, 1.807) is 24.4 Å². The van der Waals surface area contributed by atoms with Gasteiger partial charge in [-0.1, -0.05) is 29.8 Å². The molecule has 0 aliphatic rings. The van der Waals surface area contributed by atoms with E-state index in [2.05, 4.69) is 14.7 Å². The minimum Gasteiger partial charge on any atom is -0.277 e. The summed E-state index contributed by atoms with van der Waals surface area (Å²) in [5, 5.41) is 0.972. The summed E-state index contributed by atoms with van der Waals surface area (Å²) in [4.78, 5) is 8.03. The number of sulfonamides is 1. The van der Waals surface area contributed by atoms with Crippen LogP contribution in [0, 0.1) is 0 Å². The Hall–Kier alpha value is -2.18. The van der Waals surface area contributed by atoms with E-state index in [1.165, 1.54) is 18.3 Å². The quantitative estimate of drug-likeness (QED) is 0.753. The van der Waals surface area contributed by atoms with E-state index < -0.39 is 10.0 Å². The number of anilines is 1. The molecule has 3 rings (SSSR count). The zero-order valence-electron chi connectivity index (χ0n) is 10.7. The van der Waals surface area contributed by atoms with Gasteiger partial charge in [-0.15, -0.1) is 0 Å². The van der Waals surface area contributed by atoms with Gasteiger partial charge in [0.2, 0.25) is 0 Å². The van der Waals surface area contributed by atoms with E-state index in [1.807, 2.05) is 12.1 Å². The van der Waals surface area contributed by atoms with Gasteiger partial charge in [0.15, 0.2) is 0 Å². The number of halogens is 1. The highest BCUT2D eigenvalue weighted by atomic mass is 35.5. The van der Waals surface area contributed by atoms with E-state index >= 15 is 0 Å². The molecule has 0 saturated heterocycles. The van der Waals surface area contributed by atoms with Gasteiger partial charge in [-0.25, -0.2) is 13.4 Å². The first-order chi connectivity index (χ1) is 10.1. The normalized spacial score (nSPS) is 11.5. The van der Waals surface area contributed by atoms with Crippen LogP contribution in [0.4, 0.5) is 5.69 Å². The summed E-state index contributed by atoms with van der Waals surface area (Å²) in [7, 11) is -3.74. The van der Waals surface area contributed by atoms with Gasteiger partial charge in [0, 0.05) is 17.8 Å². The largest absolute Gasteiger partial charge is 0.277 e. The van der Waals surface area contributed by atoms with Crippen molar-refractivity contribution >= 4 is 38.2 Å². The second-order valence-electron chi connectivity index (χ2n) is 4.30. The van der Waals surface area contributed by atoms with Crippen molar-refractivity contribution in [2.24, 2.45) is 0 Å². The Morgan fingerprint density at radius 3 is 2.62 bits per heavy atom. The van der Waals surface area contributed by atoms with Crippen molar-refractivity contribution in [3.63, 3.8) is 0 Å². The molecule has 21 heavy (non-hydrogen) atoms. The van der Waals surface area contributed by atoms with E-state index in [4.69, 9.17) is 11.6 Å². The zero-order chi connectivity index (χ0) is 14.9. The number of pyridine rings is 2. The molecule has 106 valence electrons. The Balaban J connectivity index is 2.06. The van der Waals surface area contributed by atoms with E-state index in [0.717, 1.165) is 5.39 Å². The summed E-state index contributed by atoms with van der Waals surface area (Å²) in [5.74, 6) is 0. The lowest BCUT2D eigenvalue weighted by Crippen LogP contribution is -2.13. The maximum atomic E-state index is 12.4. The molecule has 0 fully saturated rings. The van der Waals surface area contributed by atoms with Crippen LogP contribution in [0.3, 0.4) is 0 Å². The molecule has 0 aliphatic carbocycles. The maximum absolute atomic E-state index is 12.4. The number of nitrogens with zero attached hydrogens (tertiary/aromatic N) is 2. The van der Waals surface area contributed by atoms with Crippen molar-refractivity contribution in [1.82, 2.24) is 9.97 Å². The van der Waals surface area contributed by atoms with Crippen LogP contribution >= 0.6 is 11.6 Å². The first-order valence-electron chi connectivity index (χ1n) is 6.04. The van der Waals surface area contributed by atoms with Crippen LogP contribution in [-0.4, -0.2) is 18.4 Å². The molecule has 7 heteroatoms. The lowest BCUT2D eigenvalue weighted by Gasteiger charge is -2.10. The highest BCUT2D eigenvalue weighted by Crippen LogP contribution is 2.24. The van der Waals surface area contributed by atoms with Crippen LogP contribution in [0.2, 0.25) is 5.15 Å². The first kappa shape index (κ1) is 13.8. The molecule has 0 saturated carbocycles. The predicted molar refractivity (Wildman–Crippen MR) is 81.8 cm³/mol. The monoisotopic (exact) mass is 319 g/mol. The van der Waals surface area contributed by atoms with Crippen molar-refractivity contribution in [3.8, 4) is 0 Å². The molecule has 0 radical (unpaired) electrons. The average molecular weight is 320 g/mol. The van der Waals surface area contributed by atoms with Crippen molar-refractivity contribution in [2.45, 2.75) is 4.90 Å². The summed E-state index contributed by atoms with van der Waals surface area (Å²) in [6.45, 7) is 0. The van der Waals surface area contributed by atoms with Gasteiger partial charge in [0.25, 0.3) is 10.0 Å². The topological polar surface area (TPSA) is 72.0 Å². The van der Waals surface area contributed by atoms with Crippen LogP contribution < -0.4 is 4.72 Å². The van der Waals surface area contributed by atoms with Crippen LogP contribution in [0.1, 0.15) is 0 Å². The molecule has 0 unspecified atom stereocenters. The number of hydrogen-bond acceptors (Lipinski definition) is 4. The van der Waals surface area contributed by atoms with Gasteiger partial charge in [-0.2, -0.15) is 0 Å². The summed E-state index contributed by atoms with van der Waals surface area (Å²) in [6, 6.07) is 11.6. The zero-order valence-corrected chi connectivity index (χ0v) is 12.3. The Bertz CT molecular complexity index is 907. The molecule has 1 aromatic carbocycles. The average Bonchev–Trinajstić information content (AvgIpc) is 2.47. The van der Waals surface area contributed by atoms with Gasteiger partial charge in [-0.05, 0) is 24.3 Å². The third-order valence-electron chi connectivity index (χ3n) is 2.89. The molecule has 2 heterocycles. The molecule has 3 aromatic rings. The van der Waals surface area contributed by atoms with Gasteiger partial charge in [-0.3, -0.25) is 9.71 Å². The number of benzene rings is 1. The van der Waals surface area contributed by atoms with Crippen LogP contribution in [0.15, 0.2) is 59.8 Å². The molecular weight excluding hydrogens is 310 g/mol. The Morgan fingerprint density at radius 2 is 1.81 bits per heavy atom. The number of nitrogens with one attached hydrogen (secondary N) is 1. The molecule has 2 aromatic heterocycles. The highest BCUT2D eigenvalue weighted by Gasteiger charge is 2.16. The highest BCUT2D eigenvalue weighted by molar-refractivity contribution is 7.92. The summed E-state index contributed by atoms with van der Waals surface area (Å²) < 4.78 is 27.3. The second-order valence-corrected chi connectivity index (χ2v) is 6.37. The molecule has 0 bridgehead atoms. The van der Waals surface area contributed by atoms with Gasteiger partial charge in [0.1, 0.15) is 5.15 Å². The summed E-state index contributed by atoms with van der Waals surface area (Å²) >= 11 is 5.73. The number of fused-ring (bicyclic) bond motifs is 1. The number of hydrogen-bond donors (Lipinski definition) is 1. The van der Waals surface area contributed by atoms with Crippen LogP contribution in [-0.2, 0) is 10.0 Å². The molecule has 0 spiro atoms. The molecule has 0 aliphatic heterocycles. The summed E-state index contributed by atoms with van der Waals surface area (Å²) in [5.41, 5.74) is 1.00. The minimum absolute atomic E-state index is 0.0513. The van der Waals surface area contributed by atoms with Crippen molar-refractivity contribution in [1.29, 1.82) is 0 Å². The third-order valence-corrected chi connectivity index (χ3v) is 4.46. The van der Waals surface area contributed by atoms with E-state index in [0.29, 0.717) is 11.2 Å². The van der Waals surface area contributed by atoms with Gasteiger partial charge < -0.3 is 0 Å². The Morgan fingerprint density at radius 1 is 1.00 bits per heavy atom. The lowest BCUT2D eigenvalue weighted by atomic mass is 10.2. The molecular formula is C14H10ClN3O2S. The number of aromatic nitrogens is 2. The van der Waals surface area contributed by atoms with Crippen molar-refractivity contribution in [3.05, 3.63) is 60.0 Å². The fourth-order valence-corrected chi connectivity index (χ4v) is 3.26. The van der Waals surface area contributed by atoms with Crippen molar-refractivity contribution in [2.75, 3.05) is 4.72 Å². The van der Waals surface area contributed by atoms with Crippen LogP contribution in [0.5, 0.6) is 0 Å². The summed E-state index contributed by atoms with van der Waals surface area (Å²) in [6.07, 6.45) is 2.96. The Labute approximate surface area is 126 Å². The standard InChI is InChI=1S/C14H10ClN3O2S/c15-13-9-11(6-8-16-13)21(19,20)18-12-5-1-3-10-4-2-7-17-14(10)12/h1-9,18H. The first-order valence-corrected chi connectivity index (χ1v) is 7.90. The molecule has 0 amide bonds. The maximum Gasteiger partial charge on any atom is 0.262 e. The fraction of sp³-hybridized carbons (Fsp3) is 0. The number of rotatable bonds is 3. The minimum atomic E-state index is -3.74. The van der Waals surface area contributed by atoms with Crippen molar-refractivity contribution < 1.29 is 8.42 Å². The Kier molecular flexibility index (Phi) is 3.48. The molecule has 5 nitrogen and oxygen atoms in total. The third kappa shape index (κ3) is 2.81. The molecule has 0 atom stereocenters.